The van der Waals surface area contributed by atoms with Crippen LogP contribution >= 0.6 is 0 Å². The molecule has 0 bridgehead atoms. The lowest BCUT2D eigenvalue weighted by Crippen LogP contribution is -2.29. The van der Waals surface area contributed by atoms with Crippen LogP contribution in [0.1, 0.15) is 31.9 Å². The van der Waals surface area contributed by atoms with Crippen molar-refractivity contribution >= 4 is 5.84 Å². The molecule has 0 atom stereocenters. The molecule has 0 aliphatic heterocycles. The van der Waals surface area contributed by atoms with Gasteiger partial charge in [0.15, 0.2) is 0 Å². The van der Waals surface area contributed by atoms with Crippen molar-refractivity contribution in [2.45, 2.75) is 27.3 Å². The third kappa shape index (κ3) is 4.84. The van der Waals surface area contributed by atoms with E-state index in [2.05, 4.69) is 25.7 Å². The number of rotatable bonds is 4. The van der Waals surface area contributed by atoms with Gasteiger partial charge in [0.25, 0.3) is 0 Å². The topological polar surface area (TPSA) is 53.1 Å². The van der Waals surface area contributed by atoms with Crippen molar-refractivity contribution in [3.05, 3.63) is 35.1 Å². The summed E-state index contributed by atoms with van der Waals surface area (Å²) in [6.45, 7) is 8.05. The summed E-state index contributed by atoms with van der Waals surface area (Å²) in [7, 11) is 2.00. The molecular weight excluding hydrogens is 229 g/mol. The number of nitrogens with zero attached hydrogens (tertiary/aromatic N) is 1. The van der Waals surface area contributed by atoms with E-state index in [9.17, 15) is 4.39 Å². The largest absolute Gasteiger partial charge is 0.384 e. The predicted octanol–water partition coefficient (Wildman–Crippen LogP) is 2.59. The number of halogens is 1. The molecule has 1 aromatic rings. The number of hydrogen-bond acceptors (Lipinski definition) is 2. The van der Waals surface area contributed by atoms with E-state index >= 15 is 0 Å². The lowest BCUT2D eigenvalue weighted by atomic mass is 9.96. The van der Waals surface area contributed by atoms with E-state index in [0.717, 1.165) is 12.1 Å². The van der Waals surface area contributed by atoms with Gasteiger partial charge < -0.3 is 10.6 Å². The second-order valence-electron chi connectivity index (χ2n) is 5.99. The first-order chi connectivity index (χ1) is 8.17. The van der Waals surface area contributed by atoms with Crippen LogP contribution in [0.15, 0.2) is 18.2 Å². The van der Waals surface area contributed by atoms with Crippen molar-refractivity contribution in [1.82, 2.24) is 4.90 Å². The average Bonchev–Trinajstić information content (AvgIpc) is 2.12. The molecule has 0 saturated heterocycles. The minimum Gasteiger partial charge on any atom is -0.384 e. The first kappa shape index (κ1) is 14.6. The highest BCUT2D eigenvalue weighted by atomic mass is 19.1. The predicted molar refractivity (Wildman–Crippen MR) is 73.2 cm³/mol. The number of amidine groups is 1. The monoisotopic (exact) mass is 251 g/mol. The molecule has 1 rings (SSSR count). The van der Waals surface area contributed by atoms with Crippen molar-refractivity contribution in [2.24, 2.45) is 11.1 Å². The molecule has 4 heteroatoms. The van der Waals surface area contributed by atoms with Gasteiger partial charge in [-0.3, -0.25) is 5.41 Å². The number of nitrogens with one attached hydrogen (secondary N) is 1. The maximum Gasteiger partial charge on any atom is 0.124 e. The fourth-order valence-electron chi connectivity index (χ4n) is 2.07. The van der Waals surface area contributed by atoms with E-state index in [1.54, 1.807) is 6.07 Å². The second kappa shape index (κ2) is 5.48. The van der Waals surface area contributed by atoms with Gasteiger partial charge in [0.2, 0.25) is 0 Å². The molecule has 100 valence electrons. The van der Waals surface area contributed by atoms with Crippen LogP contribution in [0, 0.1) is 16.6 Å². The molecular formula is C14H22FN3. The van der Waals surface area contributed by atoms with Crippen LogP contribution in [0.2, 0.25) is 0 Å². The van der Waals surface area contributed by atoms with Gasteiger partial charge in [0, 0.05) is 18.7 Å². The van der Waals surface area contributed by atoms with Gasteiger partial charge in [-0.2, -0.15) is 0 Å². The van der Waals surface area contributed by atoms with Crippen LogP contribution in [0.4, 0.5) is 4.39 Å². The molecule has 0 spiro atoms. The zero-order valence-electron chi connectivity index (χ0n) is 11.5. The molecule has 0 aliphatic carbocycles. The Labute approximate surface area is 108 Å². The first-order valence-corrected chi connectivity index (χ1v) is 6.00. The highest BCUT2D eigenvalue weighted by molar-refractivity contribution is 5.95. The molecule has 18 heavy (non-hydrogen) atoms. The van der Waals surface area contributed by atoms with Gasteiger partial charge in [-0.15, -0.1) is 0 Å². The number of benzene rings is 1. The minimum absolute atomic E-state index is 0.103. The summed E-state index contributed by atoms with van der Waals surface area (Å²) in [5.74, 6) is -0.448. The summed E-state index contributed by atoms with van der Waals surface area (Å²) in [5.41, 5.74) is 6.87. The molecule has 0 aliphatic rings. The fraction of sp³-hybridized carbons (Fsp3) is 0.500. The van der Waals surface area contributed by atoms with Gasteiger partial charge in [-0.05, 0) is 36.2 Å². The number of hydrogen-bond donors (Lipinski definition) is 2. The molecule has 3 N–H and O–H groups in total. The van der Waals surface area contributed by atoms with Crippen molar-refractivity contribution in [1.29, 1.82) is 5.41 Å². The number of nitrogens with two attached hydrogens (primary N) is 1. The van der Waals surface area contributed by atoms with E-state index in [0.29, 0.717) is 12.1 Å². The highest BCUT2D eigenvalue weighted by Crippen LogP contribution is 2.17. The third-order valence-corrected chi connectivity index (χ3v) is 2.47. The smallest absolute Gasteiger partial charge is 0.124 e. The fourth-order valence-corrected chi connectivity index (χ4v) is 2.07. The second-order valence-corrected chi connectivity index (χ2v) is 5.99. The molecule has 1 aromatic carbocycles. The van der Waals surface area contributed by atoms with Crippen LogP contribution in [0.25, 0.3) is 0 Å². The standard InChI is InChI=1S/C14H22FN3/c1-14(2,3)9-18(4)8-10-5-11(13(16)17)7-12(15)6-10/h5-7H,8-9H2,1-4H3,(H3,16,17). The van der Waals surface area contributed by atoms with Crippen LogP contribution in [-0.4, -0.2) is 24.3 Å². The van der Waals surface area contributed by atoms with Gasteiger partial charge in [0.05, 0.1) is 0 Å². The van der Waals surface area contributed by atoms with Crippen LogP contribution < -0.4 is 5.73 Å². The van der Waals surface area contributed by atoms with E-state index in [4.69, 9.17) is 11.1 Å². The lowest BCUT2D eigenvalue weighted by Gasteiger charge is -2.26. The van der Waals surface area contributed by atoms with Crippen molar-refractivity contribution in [3.8, 4) is 0 Å². The van der Waals surface area contributed by atoms with Crippen molar-refractivity contribution in [2.75, 3.05) is 13.6 Å². The molecule has 0 heterocycles. The summed E-state index contributed by atoms with van der Waals surface area (Å²) in [4.78, 5) is 2.14. The van der Waals surface area contributed by atoms with Crippen LogP contribution in [0.3, 0.4) is 0 Å². The Balaban J connectivity index is 2.81. The zero-order valence-corrected chi connectivity index (χ0v) is 11.5. The molecule has 0 fully saturated rings. The SMILES string of the molecule is CN(Cc1cc(F)cc(C(=N)N)c1)CC(C)(C)C. The summed E-state index contributed by atoms with van der Waals surface area (Å²) in [6.07, 6.45) is 0. The zero-order chi connectivity index (χ0) is 13.9. The summed E-state index contributed by atoms with van der Waals surface area (Å²) in [6, 6.07) is 4.55. The average molecular weight is 251 g/mol. The van der Waals surface area contributed by atoms with Gasteiger partial charge in [-0.25, -0.2) is 4.39 Å². The Hall–Kier alpha value is -1.42. The summed E-state index contributed by atoms with van der Waals surface area (Å²) in [5, 5.41) is 7.35. The first-order valence-electron chi connectivity index (χ1n) is 6.00. The number of nitrogen functional groups attached to an aromatic ring is 1. The summed E-state index contributed by atoms with van der Waals surface area (Å²) < 4.78 is 13.4. The van der Waals surface area contributed by atoms with Crippen LogP contribution in [0.5, 0.6) is 0 Å². The minimum atomic E-state index is -0.346. The Morgan fingerprint density at radius 2 is 1.94 bits per heavy atom. The molecule has 3 nitrogen and oxygen atoms in total. The van der Waals surface area contributed by atoms with Gasteiger partial charge in [-0.1, -0.05) is 20.8 Å². The molecule has 0 unspecified atom stereocenters. The Morgan fingerprint density at radius 3 is 2.44 bits per heavy atom. The molecule has 0 radical (unpaired) electrons. The van der Waals surface area contributed by atoms with E-state index in [1.807, 2.05) is 7.05 Å². The van der Waals surface area contributed by atoms with Crippen molar-refractivity contribution in [3.63, 3.8) is 0 Å². The van der Waals surface area contributed by atoms with Gasteiger partial charge in [0.1, 0.15) is 11.7 Å². The Morgan fingerprint density at radius 1 is 1.33 bits per heavy atom. The van der Waals surface area contributed by atoms with E-state index in [-0.39, 0.29) is 17.1 Å². The maximum absolute atomic E-state index is 13.4. The van der Waals surface area contributed by atoms with Crippen molar-refractivity contribution < 1.29 is 4.39 Å². The maximum atomic E-state index is 13.4. The molecule has 0 saturated carbocycles. The Bertz CT molecular complexity index is 435. The normalized spacial score (nSPS) is 11.9. The van der Waals surface area contributed by atoms with Crippen LogP contribution in [-0.2, 0) is 6.54 Å². The van der Waals surface area contributed by atoms with E-state index < -0.39 is 0 Å². The molecule has 0 amide bonds. The van der Waals surface area contributed by atoms with Gasteiger partial charge >= 0.3 is 0 Å². The van der Waals surface area contributed by atoms with E-state index in [1.165, 1.54) is 12.1 Å². The third-order valence-electron chi connectivity index (χ3n) is 2.47. The summed E-state index contributed by atoms with van der Waals surface area (Å²) >= 11 is 0. The quantitative estimate of drug-likeness (QED) is 0.638. The Kier molecular flexibility index (Phi) is 4.46. The highest BCUT2D eigenvalue weighted by Gasteiger charge is 2.14. The molecule has 0 aromatic heterocycles. The lowest BCUT2D eigenvalue weighted by molar-refractivity contribution is 0.220.